The Labute approximate surface area is 99.7 Å². The summed E-state index contributed by atoms with van der Waals surface area (Å²) in [5.41, 5.74) is 1.34. The van der Waals surface area contributed by atoms with E-state index >= 15 is 0 Å². The summed E-state index contributed by atoms with van der Waals surface area (Å²) in [4.78, 5) is 0. The molecule has 2 nitrogen and oxygen atoms in total. The van der Waals surface area contributed by atoms with Gasteiger partial charge in [-0.2, -0.15) is 0 Å². The molecule has 0 aromatic rings. The molecule has 0 aliphatic heterocycles. The van der Waals surface area contributed by atoms with Gasteiger partial charge in [0, 0.05) is 12.5 Å². The van der Waals surface area contributed by atoms with E-state index < -0.39 is 0 Å². The fraction of sp³-hybridized carbons (Fsp3) is 0.714. The quantitative estimate of drug-likeness (QED) is 0.624. The highest BCUT2D eigenvalue weighted by molar-refractivity contribution is 5.01. The predicted molar refractivity (Wildman–Crippen MR) is 69.3 cm³/mol. The molecule has 0 bridgehead atoms. The maximum absolute atomic E-state index is 9.89. The van der Waals surface area contributed by atoms with Gasteiger partial charge in [0.05, 0.1) is 6.10 Å². The van der Waals surface area contributed by atoms with E-state index in [0.717, 1.165) is 19.3 Å². The SMILES string of the molecule is CCC(C)=CC(C)C(O)CCC=CCCO. The molecule has 2 unspecified atom stereocenters. The van der Waals surface area contributed by atoms with Gasteiger partial charge in [-0.3, -0.25) is 0 Å². The Balaban J connectivity index is 3.83. The van der Waals surface area contributed by atoms with Crippen LogP contribution in [0.4, 0.5) is 0 Å². The van der Waals surface area contributed by atoms with Crippen molar-refractivity contribution in [2.24, 2.45) is 5.92 Å². The average Bonchev–Trinajstić information content (AvgIpc) is 2.28. The number of rotatable bonds is 8. The minimum absolute atomic E-state index is 0.202. The van der Waals surface area contributed by atoms with Gasteiger partial charge in [0.1, 0.15) is 0 Å². The van der Waals surface area contributed by atoms with Crippen LogP contribution in [0.5, 0.6) is 0 Å². The highest BCUT2D eigenvalue weighted by Crippen LogP contribution is 2.14. The van der Waals surface area contributed by atoms with Crippen molar-refractivity contribution < 1.29 is 10.2 Å². The van der Waals surface area contributed by atoms with E-state index in [-0.39, 0.29) is 18.6 Å². The Hall–Kier alpha value is -0.600. The summed E-state index contributed by atoms with van der Waals surface area (Å²) in [7, 11) is 0. The van der Waals surface area contributed by atoms with Crippen molar-refractivity contribution in [3.05, 3.63) is 23.8 Å². The fourth-order valence-corrected chi connectivity index (χ4v) is 1.52. The second kappa shape index (κ2) is 9.61. The van der Waals surface area contributed by atoms with Crippen molar-refractivity contribution in [1.82, 2.24) is 0 Å². The van der Waals surface area contributed by atoms with E-state index in [2.05, 4.69) is 26.8 Å². The van der Waals surface area contributed by atoms with E-state index in [4.69, 9.17) is 5.11 Å². The molecule has 0 rings (SSSR count). The third kappa shape index (κ3) is 7.66. The van der Waals surface area contributed by atoms with Gasteiger partial charge < -0.3 is 10.2 Å². The van der Waals surface area contributed by atoms with Crippen LogP contribution in [-0.4, -0.2) is 22.9 Å². The zero-order valence-electron chi connectivity index (χ0n) is 10.8. The summed E-state index contributed by atoms with van der Waals surface area (Å²) >= 11 is 0. The maximum Gasteiger partial charge on any atom is 0.0603 e. The predicted octanol–water partition coefficient (Wildman–Crippen LogP) is 3.06. The van der Waals surface area contributed by atoms with Crippen LogP contribution < -0.4 is 0 Å². The third-order valence-electron chi connectivity index (χ3n) is 2.80. The third-order valence-corrected chi connectivity index (χ3v) is 2.80. The number of aliphatic hydroxyl groups excluding tert-OH is 2. The zero-order valence-corrected chi connectivity index (χ0v) is 10.8. The summed E-state index contributed by atoms with van der Waals surface area (Å²) in [6, 6.07) is 0. The molecule has 2 N–H and O–H groups in total. The smallest absolute Gasteiger partial charge is 0.0603 e. The summed E-state index contributed by atoms with van der Waals surface area (Å²) in [5.74, 6) is 0.228. The first-order chi connectivity index (χ1) is 7.61. The molecule has 0 aromatic heterocycles. The Bertz CT molecular complexity index is 219. The van der Waals surface area contributed by atoms with E-state index in [1.807, 2.05) is 12.2 Å². The Morgan fingerprint density at radius 2 is 1.88 bits per heavy atom. The summed E-state index contributed by atoms with van der Waals surface area (Å²) in [5, 5.41) is 18.5. The second-order valence-electron chi connectivity index (χ2n) is 4.35. The van der Waals surface area contributed by atoms with Crippen molar-refractivity contribution in [3.8, 4) is 0 Å². The van der Waals surface area contributed by atoms with Crippen molar-refractivity contribution in [2.45, 2.75) is 52.6 Å². The largest absolute Gasteiger partial charge is 0.396 e. The van der Waals surface area contributed by atoms with E-state index in [1.54, 1.807) is 0 Å². The minimum atomic E-state index is -0.264. The lowest BCUT2D eigenvalue weighted by Gasteiger charge is -2.15. The monoisotopic (exact) mass is 226 g/mol. The lowest BCUT2D eigenvalue weighted by molar-refractivity contribution is 0.129. The van der Waals surface area contributed by atoms with Gasteiger partial charge in [0.2, 0.25) is 0 Å². The first kappa shape index (κ1) is 15.4. The number of aliphatic hydroxyl groups is 2. The van der Waals surface area contributed by atoms with Gasteiger partial charge in [-0.25, -0.2) is 0 Å². The maximum atomic E-state index is 9.89. The molecule has 0 saturated carbocycles. The zero-order chi connectivity index (χ0) is 12.4. The molecule has 0 aromatic carbocycles. The van der Waals surface area contributed by atoms with Gasteiger partial charge in [0.15, 0.2) is 0 Å². The van der Waals surface area contributed by atoms with E-state index in [1.165, 1.54) is 5.57 Å². The molecule has 2 heteroatoms. The second-order valence-corrected chi connectivity index (χ2v) is 4.35. The lowest BCUT2D eigenvalue weighted by atomic mass is 9.97. The van der Waals surface area contributed by atoms with Crippen molar-refractivity contribution in [2.75, 3.05) is 6.61 Å². The summed E-state index contributed by atoms with van der Waals surface area (Å²) < 4.78 is 0. The van der Waals surface area contributed by atoms with Crippen LogP contribution in [0.25, 0.3) is 0 Å². The molecular weight excluding hydrogens is 200 g/mol. The molecule has 0 radical (unpaired) electrons. The molecule has 0 fully saturated rings. The Kier molecular flexibility index (Phi) is 9.25. The summed E-state index contributed by atoms with van der Waals surface area (Å²) in [6.45, 7) is 6.49. The van der Waals surface area contributed by atoms with Crippen LogP contribution in [0.15, 0.2) is 23.8 Å². The molecule has 0 aliphatic carbocycles. The lowest BCUT2D eigenvalue weighted by Crippen LogP contribution is -2.15. The van der Waals surface area contributed by atoms with Gasteiger partial charge in [0.25, 0.3) is 0 Å². The molecule has 0 spiro atoms. The summed E-state index contributed by atoms with van der Waals surface area (Å²) in [6.07, 6.45) is 9.31. The van der Waals surface area contributed by atoms with Crippen LogP contribution in [0.2, 0.25) is 0 Å². The van der Waals surface area contributed by atoms with E-state index in [0.29, 0.717) is 6.42 Å². The topological polar surface area (TPSA) is 40.5 Å². The number of allylic oxidation sites excluding steroid dienone is 2. The molecule has 94 valence electrons. The van der Waals surface area contributed by atoms with Crippen molar-refractivity contribution in [1.29, 1.82) is 0 Å². The first-order valence-electron chi connectivity index (χ1n) is 6.23. The highest BCUT2D eigenvalue weighted by atomic mass is 16.3. The molecule has 0 saturated heterocycles. The van der Waals surface area contributed by atoms with Crippen LogP contribution in [-0.2, 0) is 0 Å². The van der Waals surface area contributed by atoms with Crippen molar-refractivity contribution in [3.63, 3.8) is 0 Å². The van der Waals surface area contributed by atoms with Crippen LogP contribution in [0.1, 0.15) is 46.5 Å². The first-order valence-corrected chi connectivity index (χ1v) is 6.23. The fourth-order valence-electron chi connectivity index (χ4n) is 1.52. The van der Waals surface area contributed by atoms with E-state index in [9.17, 15) is 5.11 Å². The van der Waals surface area contributed by atoms with Gasteiger partial charge in [-0.05, 0) is 32.6 Å². The van der Waals surface area contributed by atoms with Gasteiger partial charge in [-0.15, -0.1) is 0 Å². The van der Waals surface area contributed by atoms with Crippen LogP contribution in [0, 0.1) is 5.92 Å². The Morgan fingerprint density at radius 3 is 2.44 bits per heavy atom. The van der Waals surface area contributed by atoms with Gasteiger partial charge in [-0.1, -0.05) is 37.6 Å². The molecule has 0 aliphatic rings. The normalized spacial score (nSPS) is 16.7. The standard InChI is InChI=1S/C14H26O2/c1-4-12(2)11-13(3)14(16)9-7-5-6-8-10-15/h5-6,11,13-16H,4,7-10H2,1-3H3. The highest BCUT2D eigenvalue weighted by Gasteiger charge is 2.10. The molecule has 0 heterocycles. The molecular formula is C14H26O2. The Morgan fingerprint density at radius 1 is 1.25 bits per heavy atom. The van der Waals surface area contributed by atoms with Crippen LogP contribution in [0.3, 0.4) is 0 Å². The average molecular weight is 226 g/mol. The van der Waals surface area contributed by atoms with Crippen molar-refractivity contribution >= 4 is 0 Å². The number of hydrogen-bond donors (Lipinski definition) is 2. The number of hydrogen-bond acceptors (Lipinski definition) is 2. The minimum Gasteiger partial charge on any atom is -0.396 e. The van der Waals surface area contributed by atoms with Crippen LogP contribution >= 0.6 is 0 Å². The van der Waals surface area contributed by atoms with Gasteiger partial charge >= 0.3 is 0 Å². The molecule has 0 amide bonds. The molecule has 2 atom stereocenters. The molecule has 16 heavy (non-hydrogen) atoms.